The monoisotopic (exact) mass is 501 g/mol. The second-order valence-corrected chi connectivity index (χ2v) is 6.57. The lowest BCUT2D eigenvalue weighted by atomic mass is 10.1. The average Bonchev–Trinajstić information content (AvgIpc) is 2.48. The zero-order valence-electron chi connectivity index (χ0n) is 14.1. The molecule has 0 amide bonds. The van der Waals surface area contributed by atoms with Crippen molar-refractivity contribution < 1.29 is 9.13 Å². The maximum absolute atomic E-state index is 13.7. The number of guanidine groups is 1. The number of hydrogen-bond acceptors (Lipinski definition) is 2. The van der Waals surface area contributed by atoms with Crippen molar-refractivity contribution in [2.24, 2.45) is 4.99 Å². The summed E-state index contributed by atoms with van der Waals surface area (Å²) in [6.45, 7) is 5.39. The summed E-state index contributed by atoms with van der Waals surface area (Å²) in [6.07, 6.45) is 1.51. The van der Waals surface area contributed by atoms with Gasteiger partial charge in [0.15, 0.2) is 5.96 Å². The standard InChI is InChI=1S/C16H25BrFN3O.HI/c1-16(2,22-4)11-21-15(19-3)20-9-5-6-12-7-8-13(17)10-14(12)18;/h7-8,10H,5-6,9,11H2,1-4H3,(H2,19,20,21);1H. The number of rotatable bonds is 7. The van der Waals surface area contributed by atoms with E-state index in [1.54, 1.807) is 14.2 Å². The molecule has 0 aliphatic rings. The van der Waals surface area contributed by atoms with Crippen molar-refractivity contribution in [3.8, 4) is 0 Å². The highest BCUT2D eigenvalue weighted by Gasteiger charge is 2.16. The third kappa shape index (κ3) is 8.85. The molecule has 0 atom stereocenters. The Morgan fingerprint density at radius 3 is 2.61 bits per heavy atom. The Bertz CT molecular complexity index is 512. The molecule has 0 bridgehead atoms. The van der Waals surface area contributed by atoms with Gasteiger partial charge >= 0.3 is 0 Å². The van der Waals surface area contributed by atoms with Gasteiger partial charge in [-0.2, -0.15) is 0 Å². The minimum absolute atomic E-state index is 0. The molecule has 0 heterocycles. The van der Waals surface area contributed by atoms with Crippen molar-refractivity contribution >= 4 is 45.9 Å². The van der Waals surface area contributed by atoms with Gasteiger partial charge in [-0.15, -0.1) is 24.0 Å². The van der Waals surface area contributed by atoms with Gasteiger partial charge in [0, 0.05) is 31.7 Å². The van der Waals surface area contributed by atoms with E-state index in [0.29, 0.717) is 13.0 Å². The molecule has 0 fully saturated rings. The summed E-state index contributed by atoms with van der Waals surface area (Å²) in [4.78, 5) is 4.16. The summed E-state index contributed by atoms with van der Waals surface area (Å²) in [7, 11) is 3.41. The smallest absolute Gasteiger partial charge is 0.191 e. The molecule has 1 aromatic carbocycles. The number of aliphatic imine (C=N–C) groups is 1. The molecule has 0 saturated carbocycles. The highest BCUT2D eigenvalue weighted by atomic mass is 127. The van der Waals surface area contributed by atoms with Gasteiger partial charge < -0.3 is 15.4 Å². The number of nitrogens with one attached hydrogen (secondary N) is 2. The molecule has 2 N–H and O–H groups in total. The van der Waals surface area contributed by atoms with Crippen molar-refractivity contribution in [1.82, 2.24) is 10.6 Å². The maximum Gasteiger partial charge on any atom is 0.191 e. The molecule has 1 aromatic rings. The molecule has 0 spiro atoms. The van der Waals surface area contributed by atoms with Gasteiger partial charge in [0.1, 0.15) is 5.82 Å². The molecule has 23 heavy (non-hydrogen) atoms. The minimum atomic E-state index is -0.252. The van der Waals surface area contributed by atoms with E-state index in [1.807, 2.05) is 26.0 Å². The van der Waals surface area contributed by atoms with E-state index in [-0.39, 0.29) is 35.4 Å². The lowest BCUT2D eigenvalue weighted by Crippen LogP contribution is -2.45. The van der Waals surface area contributed by atoms with Gasteiger partial charge in [-0.05, 0) is 44.4 Å². The van der Waals surface area contributed by atoms with E-state index in [1.165, 1.54) is 6.07 Å². The van der Waals surface area contributed by atoms with Gasteiger partial charge in [-0.3, -0.25) is 4.99 Å². The first-order valence-electron chi connectivity index (χ1n) is 7.31. The molecule has 0 aliphatic carbocycles. The lowest BCUT2D eigenvalue weighted by molar-refractivity contribution is 0.0268. The van der Waals surface area contributed by atoms with Crippen LogP contribution in [0.3, 0.4) is 0 Å². The van der Waals surface area contributed by atoms with Crippen LogP contribution in [0.4, 0.5) is 4.39 Å². The predicted molar refractivity (Wildman–Crippen MR) is 108 cm³/mol. The number of benzene rings is 1. The summed E-state index contributed by atoms with van der Waals surface area (Å²) < 4.78 is 19.8. The van der Waals surface area contributed by atoms with E-state index in [9.17, 15) is 4.39 Å². The Hall–Kier alpha value is -0.410. The largest absolute Gasteiger partial charge is 0.377 e. The van der Waals surface area contributed by atoms with E-state index in [0.717, 1.165) is 29.0 Å². The van der Waals surface area contributed by atoms with Crippen LogP contribution in [0.15, 0.2) is 27.7 Å². The van der Waals surface area contributed by atoms with Crippen LogP contribution in [0.2, 0.25) is 0 Å². The van der Waals surface area contributed by atoms with Crippen LogP contribution in [0.1, 0.15) is 25.8 Å². The number of halogens is 3. The Morgan fingerprint density at radius 2 is 2.04 bits per heavy atom. The average molecular weight is 502 g/mol. The van der Waals surface area contributed by atoms with Crippen molar-refractivity contribution in [3.63, 3.8) is 0 Å². The molecular formula is C16H26BrFIN3O. The third-order valence-corrected chi connectivity index (χ3v) is 3.88. The van der Waals surface area contributed by atoms with Gasteiger partial charge in [0.25, 0.3) is 0 Å². The SMILES string of the molecule is CN=C(NCCCc1ccc(Br)cc1F)NCC(C)(C)OC.I. The van der Waals surface area contributed by atoms with Crippen LogP contribution in [-0.2, 0) is 11.2 Å². The Kier molecular flexibility index (Phi) is 11.0. The van der Waals surface area contributed by atoms with Gasteiger partial charge in [0.2, 0.25) is 0 Å². The molecule has 0 radical (unpaired) electrons. The number of methoxy groups -OCH3 is 1. The van der Waals surface area contributed by atoms with Crippen LogP contribution in [0, 0.1) is 5.82 Å². The van der Waals surface area contributed by atoms with Crippen molar-refractivity contribution in [1.29, 1.82) is 0 Å². The molecule has 0 saturated heterocycles. The van der Waals surface area contributed by atoms with E-state index >= 15 is 0 Å². The zero-order valence-corrected chi connectivity index (χ0v) is 18.0. The van der Waals surface area contributed by atoms with Crippen LogP contribution in [0.5, 0.6) is 0 Å². The molecule has 1 rings (SSSR count). The van der Waals surface area contributed by atoms with E-state index < -0.39 is 0 Å². The molecule has 132 valence electrons. The van der Waals surface area contributed by atoms with Crippen molar-refractivity contribution in [2.75, 3.05) is 27.2 Å². The number of nitrogens with zero attached hydrogens (tertiary/aromatic N) is 1. The van der Waals surface area contributed by atoms with Crippen LogP contribution in [-0.4, -0.2) is 38.8 Å². The van der Waals surface area contributed by atoms with Crippen LogP contribution >= 0.6 is 39.9 Å². The van der Waals surface area contributed by atoms with Crippen LogP contribution in [0.25, 0.3) is 0 Å². The van der Waals surface area contributed by atoms with Gasteiger partial charge in [-0.25, -0.2) is 4.39 Å². The fraction of sp³-hybridized carbons (Fsp3) is 0.562. The summed E-state index contributed by atoms with van der Waals surface area (Å²) in [6, 6.07) is 5.17. The Balaban J connectivity index is 0.00000484. The second kappa shape index (κ2) is 11.2. The normalized spacial score (nSPS) is 11.8. The molecular weight excluding hydrogens is 476 g/mol. The Labute approximate surface area is 163 Å². The molecule has 0 unspecified atom stereocenters. The first-order valence-corrected chi connectivity index (χ1v) is 8.11. The predicted octanol–water partition coefficient (Wildman–Crippen LogP) is 3.73. The third-order valence-electron chi connectivity index (χ3n) is 3.39. The number of ether oxygens (including phenoxy) is 1. The quantitative estimate of drug-likeness (QED) is 0.259. The summed E-state index contributed by atoms with van der Waals surface area (Å²) in [5, 5.41) is 6.43. The molecule has 4 nitrogen and oxygen atoms in total. The first-order chi connectivity index (χ1) is 10.4. The lowest BCUT2D eigenvalue weighted by Gasteiger charge is -2.24. The minimum Gasteiger partial charge on any atom is -0.377 e. The Morgan fingerprint density at radius 1 is 1.35 bits per heavy atom. The fourth-order valence-corrected chi connectivity index (χ4v) is 2.13. The van der Waals surface area contributed by atoms with Gasteiger partial charge in [-0.1, -0.05) is 22.0 Å². The highest BCUT2D eigenvalue weighted by Crippen LogP contribution is 2.16. The van der Waals surface area contributed by atoms with Crippen LogP contribution < -0.4 is 10.6 Å². The van der Waals surface area contributed by atoms with Crippen molar-refractivity contribution in [3.05, 3.63) is 34.1 Å². The van der Waals surface area contributed by atoms with Gasteiger partial charge in [0.05, 0.1) is 5.60 Å². The molecule has 0 aromatic heterocycles. The summed E-state index contributed by atoms with van der Waals surface area (Å²) in [5.74, 6) is 0.556. The maximum atomic E-state index is 13.7. The number of aryl methyl sites for hydroxylation is 1. The first kappa shape index (κ1) is 22.6. The topological polar surface area (TPSA) is 45.7 Å². The zero-order chi connectivity index (χ0) is 16.6. The van der Waals surface area contributed by atoms with E-state index in [4.69, 9.17) is 4.74 Å². The summed E-state index contributed by atoms with van der Waals surface area (Å²) >= 11 is 3.26. The highest BCUT2D eigenvalue weighted by molar-refractivity contribution is 14.0. The number of hydrogen-bond donors (Lipinski definition) is 2. The van der Waals surface area contributed by atoms with Crippen molar-refractivity contribution in [2.45, 2.75) is 32.3 Å². The summed E-state index contributed by atoms with van der Waals surface area (Å²) in [5.41, 5.74) is 0.478. The molecule has 0 aliphatic heterocycles. The second-order valence-electron chi connectivity index (χ2n) is 5.66. The van der Waals surface area contributed by atoms with E-state index in [2.05, 4.69) is 31.6 Å². The molecule has 7 heteroatoms. The fourth-order valence-electron chi connectivity index (χ4n) is 1.80.